The zero-order chi connectivity index (χ0) is 12.5. The van der Waals surface area contributed by atoms with Crippen LogP contribution in [0.2, 0.25) is 0 Å². The van der Waals surface area contributed by atoms with Gasteiger partial charge in [0.25, 0.3) is 0 Å². The summed E-state index contributed by atoms with van der Waals surface area (Å²) in [7, 11) is 0. The molecule has 0 radical (unpaired) electrons. The number of halogens is 1. The van der Waals surface area contributed by atoms with Gasteiger partial charge in [0.2, 0.25) is 0 Å². The van der Waals surface area contributed by atoms with Crippen LogP contribution in [0.5, 0.6) is 5.75 Å². The number of nitrogens with two attached hydrogens (primary N) is 1. The van der Waals surface area contributed by atoms with Crippen LogP contribution in [0.15, 0.2) is 46.9 Å². The normalized spacial score (nSPS) is 15.0. The molecule has 1 aliphatic rings. The van der Waals surface area contributed by atoms with Crippen LogP contribution in [0.1, 0.15) is 22.7 Å². The predicted octanol–water partition coefficient (Wildman–Crippen LogP) is 3.43. The van der Waals surface area contributed by atoms with E-state index in [2.05, 4.69) is 40.2 Å². The van der Waals surface area contributed by atoms with Gasteiger partial charge in [-0.3, -0.25) is 0 Å². The van der Waals surface area contributed by atoms with Crippen molar-refractivity contribution in [1.29, 1.82) is 0 Å². The third-order valence-corrected chi connectivity index (χ3v) is 3.78. The van der Waals surface area contributed by atoms with Gasteiger partial charge in [-0.15, -0.1) is 0 Å². The quantitative estimate of drug-likeness (QED) is 0.922. The van der Waals surface area contributed by atoms with Gasteiger partial charge in [-0.1, -0.05) is 46.3 Å². The lowest BCUT2D eigenvalue weighted by Crippen LogP contribution is -2.12. The lowest BCUT2D eigenvalue weighted by Gasteiger charge is -2.16. The summed E-state index contributed by atoms with van der Waals surface area (Å²) in [6.07, 6.45) is 0.981. The molecule has 0 fully saturated rings. The van der Waals surface area contributed by atoms with Crippen LogP contribution >= 0.6 is 15.9 Å². The Labute approximate surface area is 115 Å². The third-order valence-electron chi connectivity index (χ3n) is 3.29. The van der Waals surface area contributed by atoms with Crippen LogP contribution in [0.4, 0.5) is 0 Å². The molecule has 2 nitrogen and oxygen atoms in total. The van der Waals surface area contributed by atoms with E-state index >= 15 is 0 Å². The minimum absolute atomic E-state index is 0.143. The van der Waals surface area contributed by atoms with E-state index in [9.17, 15) is 0 Å². The molecule has 3 heteroatoms. The summed E-state index contributed by atoms with van der Waals surface area (Å²) in [4.78, 5) is 0. The van der Waals surface area contributed by atoms with Gasteiger partial charge in [-0.2, -0.15) is 0 Å². The van der Waals surface area contributed by atoms with Crippen molar-refractivity contribution in [2.75, 3.05) is 6.61 Å². The average Bonchev–Trinajstić information content (AvgIpc) is 2.86. The summed E-state index contributed by atoms with van der Waals surface area (Å²) < 4.78 is 6.76. The van der Waals surface area contributed by atoms with Gasteiger partial charge in [0, 0.05) is 16.5 Å². The highest BCUT2D eigenvalue weighted by Crippen LogP contribution is 2.35. The lowest BCUT2D eigenvalue weighted by atomic mass is 9.97. The van der Waals surface area contributed by atoms with Gasteiger partial charge in [0.1, 0.15) is 5.75 Å². The molecule has 0 amide bonds. The van der Waals surface area contributed by atoms with Crippen molar-refractivity contribution in [3.05, 3.63) is 63.6 Å². The van der Waals surface area contributed by atoms with Gasteiger partial charge in [-0.05, 0) is 23.3 Å². The summed E-state index contributed by atoms with van der Waals surface area (Å²) >= 11 is 3.48. The molecule has 1 atom stereocenters. The van der Waals surface area contributed by atoms with Crippen LogP contribution in [-0.2, 0) is 6.42 Å². The Hall–Kier alpha value is -1.32. The molecule has 18 heavy (non-hydrogen) atoms. The Morgan fingerprint density at radius 2 is 2.00 bits per heavy atom. The molecule has 0 spiro atoms. The second-order valence-corrected chi connectivity index (χ2v) is 5.38. The van der Waals surface area contributed by atoms with Crippen LogP contribution < -0.4 is 10.5 Å². The highest BCUT2D eigenvalue weighted by Gasteiger charge is 2.20. The molecule has 0 aromatic heterocycles. The topological polar surface area (TPSA) is 35.2 Å². The molecular formula is C15H14BrNO. The monoisotopic (exact) mass is 303 g/mol. The van der Waals surface area contributed by atoms with Crippen LogP contribution in [-0.4, -0.2) is 6.61 Å². The fourth-order valence-corrected chi connectivity index (χ4v) is 2.78. The molecular weight excluding hydrogens is 290 g/mol. The molecule has 0 aliphatic carbocycles. The average molecular weight is 304 g/mol. The molecule has 3 rings (SSSR count). The fraction of sp³-hybridized carbons (Fsp3) is 0.200. The summed E-state index contributed by atoms with van der Waals surface area (Å²) in [5, 5.41) is 0. The maximum atomic E-state index is 6.36. The minimum atomic E-state index is -0.143. The van der Waals surface area contributed by atoms with Crippen molar-refractivity contribution in [3.63, 3.8) is 0 Å². The number of hydrogen-bond donors (Lipinski definition) is 1. The molecule has 2 aromatic rings. The smallest absolute Gasteiger partial charge is 0.127 e. The van der Waals surface area contributed by atoms with Gasteiger partial charge < -0.3 is 10.5 Å². The molecule has 92 valence electrons. The first-order valence-electron chi connectivity index (χ1n) is 6.01. The summed E-state index contributed by atoms with van der Waals surface area (Å²) in [5.74, 6) is 0.977. The molecule has 2 aromatic carbocycles. The predicted molar refractivity (Wildman–Crippen MR) is 75.8 cm³/mol. The zero-order valence-electron chi connectivity index (χ0n) is 9.90. The molecule has 1 unspecified atom stereocenters. The van der Waals surface area contributed by atoms with Crippen molar-refractivity contribution in [2.45, 2.75) is 12.5 Å². The first-order chi connectivity index (χ1) is 8.75. The number of benzene rings is 2. The van der Waals surface area contributed by atoms with Crippen molar-refractivity contribution < 1.29 is 4.74 Å². The van der Waals surface area contributed by atoms with Gasteiger partial charge in [0.05, 0.1) is 12.6 Å². The van der Waals surface area contributed by atoms with Gasteiger partial charge in [-0.25, -0.2) is 0 Å². The highest BCUT2D eigenvalue weighted by atomic mass is 79.9. The number of rotatable bonds is 2. The Balaban J connectivity index is 2.03. The van der Waals surface area contributed by atoms with Crippen molar-refractivity contribution in [2.24, 2.45) is 5.73 Å². The van der Waals surface area contributed by atoms with Crippen molar-refractivity contribution in [1.82, 2.24) is 0 Å². The first kappa shape index (κ1) is 11.8. The standard InChI is InChI=1S/C15H14BrNO/c16-12-5-1-4-11(9-12)14(17)13-6-2-3-10-7-8-18-15(10)13/h1-6,9,14H,7-8,17H2. The molecule has 0 saturated carbocycles. The highest BCUT2D eigenvalue weighted by molar-refractivity contribution is 9.10. The lowest BCUT2D eigenvalue weighted by molar-refractivity contribution is 0.352. The Bertz CT molecular complexity index is 582. The van der Waals surface area contributed by atoms with E-state index in [4.69, 9.17) is 10.5 Å². The van der Waals surface area contributed by atoms with Gasteiger partial charge >= 0.3 is 0 Å². The fourth-order valence-electron chi connectivity index (χ4n) is 2.37. The number of hydrogen-bond acceptors (Lipinski definition) is 2. The van der Waals surface area contributed by atoms with E-state index in [1.165, 1.54) is 5.56 Å². The van der Waals surface area contributed by atoms with Gasteiger partial charge in [0.15, 0.2) is 0 Å². The number of fused-ring (bicyclic) bond motifs is 1. The molecule has 0 bridgehead atoms. The van der Waals surface area contributed by atoms with Crippen LogP contribution in [0.3, 0.4) is 0 Å². The van der Waals surface area contributed by atoms with E-state index in [1.54, 1.807) is 0 Å². The molecule has 1 aliphatic heterocycles. The van der Waals surface area contributed by atoms with Crippen molar-refractivity contribution >= 4 is 15.9 Å². The van der Waals surface area contributed by atoms with Crippen LogP contribution in [0, 0.1) is 0 Å². The minimum Gasteiger partial charge on any atom is -0.493 e. The molecule has 1 heterocycles. The number of para-hydroxylation sites is 1. The summed E-state index contributed by atoms with van der Waals surface area (Å²) in [6, 6.07) is 14.2. The van der Waals surface area contributed by atoms with E-state index < -0.39 is 0 Å². The van der Waals surface area contributed by atoms with E-state index in [0.717, 1.165) is 34.4 Å². The van der Waals surface area contributed by atoms with E-state index in [0.29, 0.717) is 0 Å². The third kappa shape index (κ3) is 2.04. The Kier molecular flexibility index (Phi) is 3.10. The Morgan fingerprint density at radius 3 is 2.83 bits per heavy atom. The largest absolute Gasteiger partial charge is 0.493 e. The maximum Gasteiger partial charge on any atom is 0.127 e. The van der Waals surface area contributed by atoms with Crippen molar-refractivity contribution in [3.8, 4) is 5.75 Å². The van der Waals surface area contributed by atoms with E-state index in [-0.39, 0.29) is 6.04 Å². The molecule has 2 N–H and O–H groups in total. The summed E-state index contributed by atoms with van der Waals surface area (Å²) in [6.45, 7) is 0.761. The van der Waals surface area contributed by atoms with Crippen LogP contribution in [0.25, 0.3) is 0 Å². The summed E-state index contributed by atoms with van der Waals surface area (Å²) in [5.41, 5.74) is 9.78. The SMILES string of the molecule is NC(c1cccc(Br)c1)c1cccc2c1OCC2. The Morgan fingerprint density at radius 1 is 1.17 bits per heavy atom. The second kappa shape index (κ2) is 4.75. The maximum absolute atomic E-state index is 6.36. The van der Waals surface area contributed by atoms with E-state index in [1.807, 2.05) is 18.2 Å². The number of ether oxygens (including phenoxy) is 1. The molecule has 0 saturated heterocycles. The zero-order valence-corrected chi connectivity index (χ0v) is 11.5. The first-order valence-corrected chi connectivity index (χ1v) is 6.80. The second-order valence-electron chi connectivity index (χ2n) is 4.47.